The summed E-state index contributed by atoms with van der Waals surface area (Å²) < 4.78 is 0. The van der Waals surface area contributed by atoms with Gasteiger partial charge in [0.05, 0.1) is 6.04 Å². The van der Waals surface area contributed by atoms with Crippen molar-refractivity contribution < 1.29 is 14.7 Å². The average molecular weight is 304 g/mol. The number of nitrogens with one attached hydrogen (secondary N) is 1. The topological polar surface area (TPSA) is 69.6 Å². The summed E-state index contributed by atoms with van der Waals surface area (Å²) in [6.45, 7) is 5.22. The molecular weight excluding hydrogens is 280 g/mol. The summed E-state index contributed by atoms with van der Waals surface area (Å²) >= 11 is 0. The number of hydrogen-bond donors (Lipinski definition) is 2. The molecule has 2 unspecified atom stereocenters. The van der Waals surface area contributed by atoms with Gasteiger partial charge in [0.2, 0.25) is 5.91 Å². The lowest BCUT2D eigenvalue weighted by atomic mass is 9.97. The van der Waals surface area contributed by atoms with Crippen molar-refractivity contribution in [2.45, 2.75) is 32.7 Å². The van der Waals surface area contributed by atoms with Crippen LogP contribution in [0.2, 0.25) is 0 Å². The summed E-state index contributed by atoms with van der Waals surface area (Å²) in [6, 6.07) is 6.68. The second-order valence-corrected chi connectivity index (χ2v) is 5.98. The highest BCUT2D eigenvalue weighted by Crippen LogP contribution is 2.19. The number of benzene rings is 1. The first-order valence-corrected chi connectivity index (χ1v) is 7.78. The number of aliphatic hydroxyl groups excluding tert-OH is 1. The molecule has 0 aromatic heterocycles. The highest BCUT2D eigenvalue weighted by Gasteiger charge is 2.27. The van der Waals surface area contributed by atoms with Gasteiger partial charge in [-0.05, 0) is 63.4 Å². The van der Waals surface area contributed by atoms with Gasteiger partial charge in [0.1, 0.15) is 0 Å². The Morgan fingerprint density at radius 3 is 2.64 bits per heavy atom. The standard InChI is InChI=1S/C17H24N2O3/c1-12(19-9-3-4-14(10-19)11-20)17(22)18-16-7-5-15(6-8-16)13(2)21/h5-8,12,14,20H,3-4,9-11H2,1-2H3,(H,18,22). The molecule has 5 nitrogen and oxygen atoms in total. The predicted molar refractivity (Wildman–Crippen MR) is 85.9 cm³/mol. The van der Waals surface area contributed by atoms with Crippen molar-refractivity contribution in [1.29, 1.82) is 0 Å². The van der Waals surface area contributed by atoms with Gasteiger partial charge in [0.15, 0.2) is 5.78 Å². The molecule has 1 aliphatic heterocycles. The van der Waals surface area contributed by atoms with Crippen LogP contribution in [0, 0.1) is 5.92 Å². The van der Waals surface area contributed by atoms with Crippen molar-refractivity contribution in [2.75, 3.05) is 25.0 Å². The van der Waals surface area contributed by atoms with Gasteiger partial charge in [-0.3, -0.25) is 14.5 Å². The van der Waals surface area contributed by atoms with E-state index in [0.717, 1.165) is 25.9 Å². The van der Waals surface area contributed by atoms with E-state index in [-0.39, 0.29) is 30.3 Å². The summed E-state index contributed by atoms with van der Waals surface area (Å²) in [5, 5.41) is 12.2. The Morgan fingerprint density at radius 2 is 2.05 bits per heavy atom. The van der Waals surface area contributed by atoms with E-state index in [0.29, 0.717) is 11.3 Å². The molecule has 1 heterocycles. The van der Waals surface area contributed by atoms with E-state index in [1.807, 2.05) is 6.92 Å². The van der Waals surface area contributed by atoms with E-state index in [1.54, 1.807) is 24.3 Å². The van der Waals surface area contributed by atoms with Crippen LogP contribution in [0.15, 0.2) is 24.3 Å². The van der Waals surface area contributed by atoms with E-state index in [4.69, 9.17) is 0 Å². The third-order valence-electron chi connectivity index (χ3n) is 4.29. The van der Waals surface area contributed by atoms with Crippen molar-refractivity contribution in [2.24, 2.45) is 5.92 Å². The van der Waals surface area contributed by atoms with Crippen molar-refractivity contribution in [1.82, 2.24) is 4.90 Å². The Kier molecular flexibility index (Phi) is 5.69. The predicted octanol–water partition coefficient (Wildman–Crippen LogP) is 1.92. The molecule has 2 N–H and O–H groups in total. The Balaban J connectivity index is 1.94. The van der Waals surface area contributed by atoms with E-state index in [9.17, 15) is 14.7 Å². The van der Waals surface area contributed by atoms with Gasteiger partial charge in [0, 0.05) is 24.4 Å². The van der Waals surface area contributed by atoms with Crippen molar-refractivity contribution in [3.05, 3.63) is 29.8 Å². The molecule has 1 saturated heterocycles. The maximum Gasteiger partial charge on any atom is 0.241 e. The van der Waals surface area contributed by atoms with Crippen LogP contribution in [-0.4, -0.2) is 47.4 Å². The number of rotatable bonds is 5. The Bertz CT molecular complexity index is 527. The number of aliphatic hydroxyl groups is 1. The highest BCUT2D eigenvalue weighted by atomic mass is 16.3. The number of amides is 1. The SMILES string of the molecule is CC(=O)c1ccc(NC(=O)C(C)N2CCCC(CO)C2)cc1. The molecular formula is C17H24N2O3. The molecule has 1 amide bonds. The minimum Gasteiger partial charge on any atom is -0.396 e. The van der Waals surface area contributed by atoms with Crippen LogP contribution in [-0.2, 0) is 4.79 Å². The first-order valence-electron chi connectivity index (χ1n) is 7.78. The number of piperidine rings is 1. The van der Waals surface area contributed by atoms with Gasteiger partial charge in [-0.1, -0.05) is 0 Å². The number of Topliss-reactive ketones (excluding diaryl/α,β-unsaturated/α-hetero) is 1. The molecule has 0 spiro atoms. The number of carbonyl (C=O) groups is 2. The Hall–Kier alpha value is -1.72. The molecule has 2 atom stereocenters. The fourth-order valence-electron chi connectivity index (χ4n) is 2.80. The second kappa shape index (κ2) is 7.51. The zero-order valence-electron chi connectivity index (χ0n) is 13.2. The molecule has 0 bridgehead atoms. The molecule has 22 heavy (non-hydrogen) atoms. The highest BCUT2D eigenvalue weighted by molar-refractivity contribution is 5.96. The third-order valence-corrected chi connectivity index (χ3v) is 4.29. The number of nitrogens with zero attached hydrogens (tertiary/aromatic N) is 1. The summed E-state index contributed by atoms with van der Waals surface area (Å²) in [6.07, 6.45) is 2.03. The van der Waals surface area contributed by atoms with Gasteiger partial charge in [-0.2, -0.15) is 0 Å². The minimum atomic E-state index is -0.234. The lowest BCUT2D eigenvalue weighted by Crippen LogP contribution is -2.47. The van der Waals surface area contributed by atoms with Crippen LogP contribution in [0.3, 0.4) is 0 Å². The summed E-state index contributed by atoms with van der Waals surface area (Å²) in [5.41, 5.74) is 1.32. The number of hydrogen-bond acceptors (Lipinski definition) is 4. The molecule has 1 aromatic rings. The number of carbonyl (C=O) groups excluding carboxylic acids is 2. The van der Waals surface area contributed by atoms with Crippen LogP contribution >= 0.6 is 0 Å². The first-order chi connectivity index (χ1) is 10.5. The summed E-state index contributed by atoms with van der Waals surface area (Å²) in [7, 11) is 0. The maximum absolute atomic E-state index is 12.3. The van der Waals surface area contributed by atoms with Gasteiger partial charge < -0.3 is 10.4 Å². The summed E-state index contributed by atoms with van der Waals surface area (Å²) in [5.74, 6) is 0.211. The molecule has 0 aliphatic carbocycles. The zero-order chi connectivity index (χ0) is 16.1. The summed E-state index contributed by atoms with van der Waals surface area (Å²) in [4.78, 5) is 25.7. The first kappa shape index (κ1) is 16.6. The van der Waals surface area contributed by atoms with Crippen LogP contribution in [0.1, 0.15) is 37.0 Å². The second-order valence-electron chi connectivity index (χ2n) is 5.98. The van der Waals surface area contributed by atoms with Crippen LogP contribution in [0.5, 0.6) is 0 Å². The zero-order valence-corrected chi connectivity index (χ0v) is 13.2. The number of likely N-dealkylation sites (tertiary alicyclic amines) is 1. The fourth-order valence-corrected chi connectivity index (χ4v) is 2.80. The molecule has 120 valence electrons. The maximum atomic E-state index is 12.3. The number of ketones is 1. The lowest BCUT2D eigenvalue weighted by molar-refractivity contribution is -0.121. The van der Waals surface area contributed by atoms with Gasteiger partial charge in [-0.15, -0.1) is 0 Å². The Morgan fingerprint density at radius 1 is 1.36 bits per heavy atom. The van der Waals surface area contributed by atoms with Crippen LogP contribution in [0.4, 0.5) is 5.69 Å². The van der Waals surface area contributed by atoms with Crippen LogP contribution < -0.4 is 5.32 Å². The average Bonchev–Trinajstić information content (AvgIpc) is 2.54. The van der Waals surface area contributed by atoms with Gasteiger partial charge in [0.25, 0.3) is 0 Å². The number of anilines is 1. The molecule has 1 aliphatic rings. The monoisotopic (exact) mass is 304 g/mol. The van der Waals surface area contributed by atoms with Gasteiger partial charge >= 0.3 is 0 Å². The van der Waals surface area contributed by atoms with E-state index in [2.05, 4.69) is 10.2 Å². The molecule has 5 heteroatoms. The minimum absolute atomic E-state index is 0.00890. The largest absolute Gasteiger partial charge is 0.396 e. The van der Waals surface area contributed by atoms with E-state index < -0.39 is 0 Å². The molecule has 0 saturated carbocycles. The third kappa shape index (κ3) is 4.15. The Labute approximate surface area is 131 Å². The van der Waals surface area contributed by atoms with Crippen molar-refractivity contribution >= 4 is 17.4 Å². The van der Waals surface area contributed by atoms with Gasteiger partial charge in [-0.25, -0.2) is 0 Å². The molecule has 1 aromatic carbocycles. The molecule has 0 radical (unpaired) electrons. The van der Waals surface area contributed by atoms with E-state index >= 15 is 0 Å². The van der Waals surface area contributed by atoms with E-state index in [1.165, 1.54) is 6.92 Å². The van der Waals surface area contributed by atoms with Crippen LogP contribution in [0.25, 0.3) is 0 Å². The smallest absolute Gasteiger partial charge is 0.241 e. The molecule has 2 rings (SSSR count). The quantitative estimate of drug-likeness (QED) is 0.816. The lowest BCUT2D eigenvalue weighted by Gasteiger charge is -2.35. The fraction of sp³-hybridized carbons (Fsp3) is 0.529. The van der Waals surface area contributed by atoms with Crippen molar-refractivity contribution in [3.63, 3.8) is 0 Å². The normalized spacial score (nSPS) is 20.4. The molecule has 1 fully saturated rings. The van der Waals surface area contributed by atoms with Crippen molar-refractivity contribution in [3.8, 4) is 0 Å².